The molecule has 4 heteroatoms. The van der Waals surface area contributed by atoms with Crippen molar-refractivity contribution in [3.05, 3.63) is 58.6 Å². The molecular weight excluding hydrogens is 262 g/mol. The van der Waals surface area contributed by atoms with Crippen LogP contribution in [0.2, 0.25) is 0 Å². The third-order valence-electron chi connectivity index (χ3n) is 3.56. The number of hydrogen-bond donors (Lipinski definition) is 0. The van der Waals surface area contributed by atoms with E-state index in [-0.39, 0.29) is 11.1 Å². The van der Waals surface area contributed by atoms with E-state index in [0.29, 0.717) is 5.39 Å². The molecule has 0 aliphatic rings. The molecule has 0 unspecified atom stereocenters. The van der Waals surface area contributed by atoms with Crippen molar-refractivity contribution < 1.29 is 0 Å². The molecule has 21 heavy (non-hydrogen) atoms. The summed E-state index contributed by atoms with van der Waals surface area (Å²) in [6.45, 7) is 8.15. The topological polar surface area (TPSA) is 39.8 Å². The zero-order valence-electron chi connectivity index (χ0n) is 12.8. The van der Waals surface area contributed by atoms with Gasteiger partial charge in [-0.3, -0.25) is 9.78 Å². The van der Waals surface area contributed by atoms with E-state index >= 15 is 0 Å². The molecule has 2 aromatic heterocycles. The van der Waals surface area contributed by atoms with Crippen LogP contribution < -0.4 is 5.56 Å². The minimum absolute atomic E-state index is 0.0143. The number of rotatable bonds is 1. The molecule has 0 bridgehead atoms. The molecule has 3 rings (SSSR count). The van der Waals surface area contributed by atoms with Crippen LogP contribution in [0.15, 0.2) is 47.5 Å². The summed E-state index contributed by atoms with van der Waals surface area (Å²) in [7, 11) is 0. The number of aromatic nitrogens is 3. The fraction of sp³-hybridized carbons (Fsp3) is 0.294. The van der Waals surface area contributed by atoms with E-state index < -0.39 is 0 Å². The van der Waals surface area contributed by atoms with Crippen LogP contribution in [0.1, 0.15) is 26.3 Å². The maximum Gasteiger partial charge on any atom is 0.275 e. The standard InChI is InChI=1S/C17H19N3O/c1-12-5-7-13(8-6-12)19-15-11-18-10-9-14(15)16(21)20(19)17(2,3)4/h5-11H,1-4H3. The van der Waals surface area contributed by atoms with Crippen molar-refractivity contribution in [2.45, 2.75) is 33.2 Å². The number of hydrogen-bond acceptors (Lipinski definition) is 2. The van der Waals surface area contributed by atoms with Crippen molar-refractivity contribution in [1.29, 1.82) is 0 Å². The van der Waals surface area contributed by atoms with Gasteiger partial charge in [0, 0.05) is 6.20 Å². The first-order chi connectivity index (χ1) is 9.89. The van der Waals surface area contributed by atoms with Gasteiger partial charge in [-0.05, 0) is 45.9 Å². The molecule has 0 spiro atoms. The Balaban J connectivity index is 2.45. The van der Waals surface area contributed by atoms with Crippen molar-refractivity contribution in [3.63, 3.8) is 0 Å². The van der Waals surface area contributed by atoms with Gasteiger partial charge in [-0.25, -0.2) is 9.36 Å². The predicted octanol–water partition coefficient (Wildman–Crippen LogP) is 3.25. The fourth-order valence-electron chi connectivity index (χ4n) is 2.59. The van der Waals surface area contributed by atoms with Crippen LogP contribution in [-0.4, -0.2) is 14.3 Å². The smallest absolute Gasteiger partial charge is 0.267 e. The summed E-state index contributed by atoms with van der Waals surface area (Å²) in [5.41, 5.74) is 2.69. The number of pyridine rings is 1. The van der Waals surface area contributed by atoms with Gasteiger partial charge in [0.05, 0.1) is 28.3 Å². The zero-order chi connectivity index (χ0) is 15.2. The van der Waals surface area contributed by atoms with E-state index in [0.717, 1.165) is 11.2 Å². The average molecular weight is 281 g/mol. The molecule has 0 aliphatic heterocycles. The van der Waals surface area contributed by atoms with Crippen molar-refractivity contribution in [1.82, 2.24) is 14.3 Å². The third kappa shape index (κ3) is 2.17. The highest BCUT2D eigenvalue weighted by molar-refractivity contribution is 5.79. The maximum atomic E-state index is 12.8. The first-order valence-electron chi connectivity index (χ1n) is 7.05. The van der Waals surface area contributed by atoms with Crippen molar-refractivity contribution in [2.24, 2.45) is 0 Å². The Morgan fingerprint density at radius 3 is 2.33 bits per heavy atom. The van der Waals surface area contributed by atoms with Gasteiger partial charge >= 0.3 is 0 Å². The van der Waals surface area contributed by atoms with Gasteiger partial charge in [-0.15, -0.1) is 0 Å². The van der Waals surface area contributed by atoms with Crippen molar-refractivity contribution in [2.75, 3.05) is 0 Å². The first kappa shape index (κ1) is 13.6. The molecule has 4 nitrogen and oxygen atoms in total. The Morgan fingerprint density at radius 1 is 1.05 bits per heavy atom. The Kier molecular flexibility index (Phi) is 2.97. The maximum absolute atomic E-state index is 12.8. The van der Waals surface area contributed by atoms with Crippen LogP contribution in [0, 0.1) is 6.92 Å². The number of nitrogens with zero attached hydrogens (tertiary/aromatic N) is 3. The lowest BCUT2D eigenvalue weighted by molar-refractivity contribution is 0.323. The second-order valence-electron chi connectivity index (χ2n) is 6.33. The molecule has 2 heterocycles. The number of aryl methyl sites for hydroxylation is 1. The molecular formula is C17H19N3O. The summed E-state index contributed by atoms with van der Waals surface area (Å²) in [4.78, 5) is 16.9. The zero-order valence-corrected chi connectivity index (χ0v) is 12.8. The first-order valence-corrected chi connectivity index (χ1v) is 7.05. The lowest BCUT2D eigenvalue weighted by Crippen LogP contribution is -2.36. The average Bonchev–Trinajstić information content (AvgIpc) is 2.74. The van der Waals surface area contributed by atoms with E-state index in [4.69, 9.17) is 0 Å². The van der Waals surface area contributed by atoms with E-state index in [2.05, 4.69) is 24.0 Å². The summed E-state index contributed by atoms with van der Waals surface area (Å²) in [5.74, 6) is 0. The van der Waals surface area contributed by atoms with Crippen molar-refractivity contribution in [3.8, 4) is 5.69 Å². The van der Waals surface area contributed by atoms with E-state index in [1.165, 1.54) is 5.56 Å². The van der Waals surface area contributed by atoms with Gasteiger partial charge in [-0.1, -0.05) is 17.7 Å². The predicted molar refractivity (Wildman–Crippen MR) is 85.1 cm³/mol. The molecule has 0 fully saturated rings. The van der Waals surface area contributed by atoms with Crippen LogP contribution in [0.3, 0.4) is 0 Å². The molecule has 0 aliphatic carbocycles. The van der Waals surface area contributed by atoms with Gasteiger partial charge in [-0.2, -0.15) is 0 Å². The summed E-state index contributed by atoms with van der Waals surface area (Å²) < 4.78 is 3.76. The Morgan fingerprint density at radius 2 is 1.71 bits per heavy atom. The Labute approximate surface area is 123 Å². The summed E-state index contributed by atoms with van der Waals surface area (Å²) in [6.07, 6.45) is 3.41. The summed E-state index contributed by atoms with van der Waals surface area (Å²) >= 11 is 0. The highest BCUT2D eigenvalue weighted by atomic mass is 16.1. The lowest BCUT2D eigenvalue weighted by Gasteiger charge is -2.25. The lowest BCUT2D eigenvalue weighted by atomic mass is 10.1. The molecule has 0 atom stereocenters. The Hall–Kier alpha value is -2.36. The van der Waals surface area contributed by atoms with Gasteiger partial charge in [0.15, 0.2) is 0 Å². The SMILES string of the molecule is Cc1ccc(-n2c3cnccc3c(=O)n2C(C)(C)C)cc1. The van der Waals surface area contributed by atoms with E-state index in [1.807, 2.05) is 37.6 Å². The molecule has 108 valence electrons. The highest BCUT2D eigenvalue weighted by Crippen LogP contribution is 2.22. The molecule has 3 aromatic rings. The monoisotopic (exact) mass is 281 g/mol. The molecule has 1 aromatic carbocycles. The van der Waals surface area contributed by atoms with E-state index in [1.54, 1.807) is 23.1 Å². The highest BCUT2D eigenvalue weighted by Gasteiger charge is 2.23. The number of fused-ring (bicyclic) bond motifs is 1. The number of benzene rings is 1. The molecule has 0 amide bonds. The molecule has 0 saturated heterocycles. The van der Waals surface area contributed by atoms with Gasteiger partial charge in [0.2, 0.25) is 0 Å². The second-order valence-corrected chi connectivity index (χ2v) is 6.33. The minimum Gasteiger partial charge on any atom is -0.267 e. The van der Waals surface area contributed by atoms with Crippen LogP contribution in [-0.2, 0) is 5.54 Å². The van der Waals surface area contributed by atoms with Crippen LogP contribution >= 0.6 is 0 Å². The fourth-order valence-corrected chi connectivity index (χ4v) is 2.59. The normalized spacial score (nSPS) is 12.0. The minimum atomic E-state index is -0.318. The third-order valence-corrected chi connectivity index (χ3v) is 3.56. The van der Waals surface area contributed by atoms with E-state index in [9.17, 15) is 4.79 Å². The van der Waals surface area contributed by atoms with Gasteiger partial charge in [0.25, 0.3) is 5.56 Å². The summed E-state index contributed by atoms with van der Waals surface area (Å²) in [5, 5.41) is 0.695. The van der Waals surface area contributed by atoms with Crippen LogP contribution in [0.4, 0.5) is 0 Å². The molecule has 0 radical (unpaired) electrons. The Bertz CT molecular complexity index is 848. The molecule has 0 saturated carbocycles. The second kappa shape index (κ2) is 4.58. The molecule has 0 N–H and O–H groups in total. The van der Waals surface area contributed by atoms with Gasteiger partial charge in [0.1, 0.15) is 0 Å². The van der Waals surface area contributed by atoms with Crippen LogP contribution in [0.5, 0.6) is 0 Å². The summed E-state index contributed by atoms with van der Waals surface area (Å²) in [6, 6.07) is 9.95. The van der Waals surface area contributed by atoms with Crippen molar-refractivity contribution >= 4 is 10.9 Å². The van der Waals surface area contributed by atoms with Gasteiger partial charge < -0.3 is 0 Å². The van der Waals surface area contributed by atoms with Crippen LogP contribution in [0.25, 0.3) is 16.6 Å². The largest absolute Gasteiger partial charge is 0.275 e. The quantitative estimate of drug-likeness (QED) is 0.687.